The van der Waals surface area contributed by atoms with Crippen molar-refractivity contribution in [2.24, 2.45) is 0 Å². The van der Waals surface area contributed by atoms with E-state index in [4.69, 9.17) is 30.6 Å². The zero-order chi connectivity index (χ0) is 33.4. The fraction of sp³-hybridized carbons (Fsp3) is 0.571. The normalized spacial score (nSPS) is 8.80. The summed E-state index contributed by atoms with van der Waals surface area (Å²) in [6, 6.07) is 0. The van der Waals surface area contributed by atoms with Gasteiger partial charge in [-0.1, -0.05) is 13.0 Å². The van der Waals surface area contributed by atoms with Crippen LogP contribution in [-0.4, -0.2) is 133 Å². The predicted octanol–water partition coefficient (Wildman–Crippen LogP) is -8.78. The van der Waals surface area contributed by atoms with Crippen molar-refractivity contribution in [1.82, 2.24) is 14.7 Å². The van der Waals surface area contributed by atoms with E-state index in [1.165, 1.54) is 14.7 Å². The molecule has 6 N–H and O–H groups in total. The van der Waals surface area contributed by atoms with Crippen molar-refractivity contribution >= 4 is 123 Å². The van der Waals surface area contributed by atoms with Crippen molar-refractivity contribution in [2.45, 2.75) is 38.5 Å². The van der Waals surface area contributed by atoms with Gasteiger partial charge in [-0.15, -0.1) is 0 Å². The molecule has 0 aromatic carbocycles. The van der Waals surface area contributed by atoms with Crippen LogP contribution < -0.4 is 154 Å². The number of nitrogens with zero attached hydrogens (tertiary/aromatic N) is 3. The van der Waals surface area contributed by atoms with Gasteiger partial charge in [-0.05, 0) is 0 Å². The van der Waals surface area contributed by atoms with Crippen LogP contribution in [0, 0.1) is 0 Å². The summed E-state index contributed by atoms with van der Waals surface area (Å²) in [4.78, 5) is 65.7. The van der Waals surface area contributed by atoms with Crippen LogP contribution in [0.15, 0.2) is 0 Å². The SMILES string of the molecule is O=C(O)CCN(CCC(=O)O)C(=S)[S-].O=C(O)CCN(CCC(=O)O)C(=S)[S-].O=C(O)CCN(CCC(=O)O)C(=S)[S-].[K+].[K+].[K+]. The van der Waals surface area contributed by atoms with Crippen LogP contribution in [0.3, 0.4) is 0 Å². The molecule has 24 heteroatoms. The van der Waals surface area contributed by atoms with E-state index in [-0.39, 0.29) is 245 Å². The van der Waals surface area contributed by atoms with E-state index >= 15 is 0 Å². The Morgan fingerprint density at radius 1 is 0.378 bits per heavy atom. The molecule has 0 amide bonds. The molecule has 45 heavy (non-hydrogen) atoms. The van der Waals surface area contributed by atoms with Crippen LogP contribution in [0.5, 0.6) is 0 Å². The molecule has 0 fully saturated rings. The third kappa shape index (κ3) is 46.1. The molecule has 0 aromatic heterocycles. The number of carbonyl (C=O) groups is 6. The Morgan fingerprint density at radius 2 is 0.489 bits per heavy atom. The first-order chi connectivity index (χ1) is 19.3. The topological polar surface area (TPSA) is 234 Å². The Hall–Kier alpha value is 2.06. The molecule has 0 radical (unpaired) electrons. The van der Waals surface area contributed by atoms with Crippen LogP contribution in [0.25, 0.3) is 0 Å². The second-order valence-electron chi connectivity index (χ2n) is 7.62. The van der Waals surface area contributed by atoms with Gasteiger partial charge in [0.25, 0.3) is 0 Å². The first kappa shape index (κ1) is 59.2. The molecule has 0 aromatic rings. The van der Waals surface area contributed by atoms with Gasteiger partial charge in [0.1, 0.15) is 0 Å². The monoisotopic (exact) mass is 825 g/mol. The third-order valence-electron chi connectivity index (χ3n) is 4.35. The molecule has 0 bridgehead atoms. The molecule has 0 unspecified atom stereocenters. The van der Waals surface area contributed by atoms with Crippen molar-refractivity contribution in [2.75, 3.05) is 39.3 Å². The van der Waals surface area contributed by atoms with Gasteiger partial charge in [0.05, 0.1) is 38.5 Å². The van der Waals surface area contributed by atoms with E-state index in [2.05, 4.69) is 74.5 Å². The van der Waals surface area contributed by atoms with Crippen LogP contribution in [-0.2, 0) is 66.7 Å². The Labute approximate surface area is 420 Å². The molecule has 0 atom stereocenters. The maximum Gasteiger partial charge on any atom is 1.00 e. The van der Waals surface area contributed by atoms with Gasteiger partial charge in [-0.3, -0.25) is 28.8 Å². The van der Waals surface area contributed by atoms with Crippen molar-refractivity contribution in [3.8, 4) is 0 Å². The van der Waals surface area contributed by atoms with Crippen LogP contribution in [0.1, 0.15) is 38.5 Å². The van der Waals surface area contributed by atoms with Gasteiger partial charge < -0.3 is 120 Å². The predicted molar refractivity (Wildman–Crippen MR) is 168 cm³/mol. The second-order valence-corrected chi connectivity index (χ2v) is 10.7. The zero-order valence-electron chi connectivity index (χ0n) is 24.9. The third-order valence-corrected chi connectivity index (χ3v) is 5.90. The van der Waals surface area contributed by atoms with Gasteiger partial charge in [0, 0.05) is 39.3 Å². The minimum atomic E-state index is -0.962. The van der Waals surface area contributed by atoms with Crippen LogP contribution >= 0.6 is 36.7 Å². The molecule has 0 aliphatic carbocycles. The van der Waals surface area contributed by atoms with Gasteiger partial charge in [0.2, 0.25) is 0 Å². The second kappa shape index (κ2) is 37.3. The average molecular weight is 826 g/mol. The number of hydrogen-bond acceptors (Lipinski definition) is 12. The Balaban J connectivity index is -0.000000123. The van der Waals surface area contributed by atoms with E-state index < -0.39 is 35.8 Å². The Morgan fingerprint density at radius 3 is 0.556 bits per heavy atom. The van der Waals surface area contributed by atoms with Crippen molar-refractivity contribution in [3.63, 3.8) is 0 Å². The molecular weight excluding hydrogens is 796 g/mol. The molecule has 0 saturated carbocycles. The van der Waals surface area contributed by atoms with E-state index in [9.17, 15) is 28.8 Å². The van der Waals surface area contributed by atoms with Gasteiger partial charge in [-0.2, -0.15) is 0 Å². The maximum absolute atomic E-state index is 10.2. The zero-order valence-corrected chi connectivity index (χ0v) is 39.2. The molecule has 15 nitrogen and oxygen atoms in total. The number of carboxylic acids is 6. The largest absolute Gasteiger partial charge is 1.00 e. The smallest absolute Gasteiger partial charge is 0.481 e. The van der Waals surface area contributed by atoms with Crippen LogP contribution in [0.4, 0.5) is 0 Å². The molecule has 0 aliphatic rings. The summed E-state index contributed by atoms with van der Waals surface area (Å²) in [5, 5.41) is 50.4. The molecule has 0 aliphatic heterocycles. The number of aliphatic carboxylic acids is 6. The first-order valence-corrected chi connectivity index (χ1v) is 13.9. The standard InChI is InChI=1S/3C7H11NO4S2.3K/c3*9-5(10)1-3-8(7(13)14)4-2-6(11)12;;;/h3*1-4H2,(H,9,10)(H,11,12)(H,13,14);;;/q;;;3*+1/p-3. The summed E-state index contributed by atoms with van der Waals surface area (Å²) >= 11 is 28.1. The summed E-state index contributed by atoms with van der Waals surface area (Å²) in [6.45, 7) is 0.946. The molecule has 0 saturated heterocycles. The fourth-order valence-corrected chi connectivity index (χ4v) is 3.36. The van der Waals surface area contributed by atoms with Gasteiger partial charge in [-0.25, -0.2) is 0 Å². The number of thiocarbonyl (C=S) groups is 3. The maximum atomic E-state index is 10.2. The summed E-state index contributed by atoms with van der Waals surface area (Å²) in [6.07, 6.45) is -0.605. The van der Waals surface area contributed by atoms with E-state index in [0.29, 0.717) is 0 Å². The average Bonchev–Trinajstić information content (AvgIpc) is 2.83. The quantitative estimate of drug-likeness (QED) is 0.0428. The fourth-order valence-electron chi connectivity index (χ4n) is 2.27. The Bertz CT molecular complexity index is 812. The molecule has 0 spiro atoms. The molecule has 0 rings (SSSR count). The van der Waals surface area contributed by atoms with Crippen molar-refractivity contribution < 1.29 is 214 Å². The molecule has 0 heterocycles. The summed E-state index contributed by atoms with van der Waals surface area (Å²) in [7, 11) is 0. The van der Waals surface area contributed by atoms with E-state index in [0.717, 1.165) is 0 Å². The van der Waals surface area contributed by atoms with Crippen LogP contribution in [0.2, 0.25) is 0 Å². The summed E-state index contributed by atoms with van der Waals surface area (Å²) < 4.78 is 0.313. The Kier molecular flexibility index (Phi) is 49.1. The van der Waals surface area contributed by atoms with E-state index in [1.54, 1.807) is 0 Å². The van der Waals surface area contributed by atoms with Crippen molar-refractivity contribution in [1.29, 1.82) is 0 Å². The van der Waals surface area contributed by atoms with Gasteiger partial charge in [0.15, 0.2) is 0 Å². The van der Waals surface area contributed by atoms with Gasteiger partial charge >= 0.3 is 190 Å². The minimum absolute atomic E-state index is 0. The molecular formula is C21H30K3N3O12S6. The summed E-state index contributed by atoms with van der Waals surface area (Å²) in [5.74, 6) is -5.77. The summed E-state index contributed by atoms with van der Waals surface area (Å²) in [5.41, 5.74) is 0. The first-order valence-electron chi connectivity index (χ1n) is 11.5. The number of rotatable bonds is 18. The minimum Gasteiger partial charge on any atom is -0.481 e. The number of hydrogen-bond donors (Lipinski definition) is 6. The van der Waals surface area contributed by atoms with E-state index in [1.807, 2.05) is 0 Å². The number of carboxylic acid groups (broad SMARTS) is 6. The van der Waals surface area contributed by atoms with Crippen molar-refractivity contribution in [3.05, 3.63) is 0 Å². The molecule has 240 valence electrons.